The summed E-state index contributed by atoms with van der Waals surface area (Å²) in [7, 11) is 0. The third kappa shape index (κ3) is 12.6. The number of carbonyl (C=O) groups excluding carboxylic acids is 2. The van der Waals surface area contributed by atoms with Crippen LogP contribution in [-0.4, -0.2) is 49.1 Å². The molecule has 0 aromatic carbocycles. The number of aliphatic carboxylic acids is 1. The van der Waals surface area contributed by atoms with E-state index in [1.54, 1.807) is 0 Å². The molecule has 0 spiro atoms. The van der Waals surface area contributed by atoms with Crippen LogP contribution in [0.5, 0.6) is 0 Å². The minimum Gasteiger partial charge on any atom is -0.481 e. The number of amides is 2. The van der Waals surface area contributed by atoms with Gasteiger partial charge in [-0.05, 0) is 19.4 Å². The molecule has 0 saturated heterocycles. The zero-order valence-electron chi connectivity index (χ0n) is 11.3. The molecule has 2 amide bonds. The van der Waals surface area contributed by atoms with E-state index in [9.17, 15) is 14.4 Å². The van der Waals surface area contributed by atoms with Crippen LogP contribution >= 0.6 is 0 Å². The molecule has 0 radical (unpaired) electrons. The van der Waals surface area contributed by atoms with E-state index in [2.05, 4.69) is 16.0 Å². The zero-order valence-corrected chi connectivity index (χ0v) is 11.3. The molecule has 7 heteroatoms. The Morgan fingerprint density at radius 3 is 2.11 bits per heavy atom. The number of carboxylic acids is 1. The Morgan fingerprint density at radius 2 is 1.53 bits per heavy atom. The molecule has 0 heterocycles. The van der Waals surface area contributed by atoms with E-state index in [1.165, 1.54) is 0 Å². The van der Waals surface area contributed by atoms with Crippen molar-refractivity contribution in [3.63, 3.8) is 0 Å². The minimum atomic E-state index is -0.863. The molecule has 7 nitrogen and oxygen atoms in total. The van der Waals surface area contributed by atoms with Crippen LogP contribution < -0.4 is 16.0 Å². The number of hydrogen-bond acceptors (Lipinski definition) is 4. The van der Waals surface area contributed by atoms with E-state index >= 15 is 0 Å². The molecule has 0 unspecified atom stereocenters. The summed E-state index contributed by atoms with van der Waals surface area (Å²) in [5.74, 6) is -1.06. The number of nitrogens with one attached hydrogen (secondary N) is 3. The third-order valence-electron chi connectivity index (χ3n) is 2.33. The van der Waals surface area contributed by atoms with Gasteiger partial charge < -0.3 is 21.1 Å². The molecular formula is C12H23N3O4. The normalized spacial score (nSPS) is 9.95. The summed E-state index contributed by atoms with van der Waals surface area (Å²) >= 11 is 0. The fraction of sp³-hybridized carbons (Fsp3) is 0.750. The third-order valence-corrected chi connectivity index (χ3v) is 2.33. The molecule has 0 aliphatic heterocycles. The van der Waals surface area contributed by atoms with Crippen molar-refractivity contribution < 1.29 is 19.5 Å². The molecule has 19 heavy (non-hydrogen) atoms. The average Bonchev–Trinajstić information content (AvgIpc) is 2.37. The molecule has 4 N–H and O–H groups in total. The zero-order chi connectivity index (χ0) is 14.5. The van der Waals surface area contributed by atoms with Crippen LogP contribution in [0.3, 0.4) is 0 Å². The van der Waals surface area contributed by atoms with Gasteiger partial charge in [-0.3, -0.25) is 14.4 Å². The van der Waals surface area contributed by atoms with E-state index in [0.717, 1.165) is 6.54 Å². The molecule has 0 aromatic rings. The number of carbonyl (C=O) groups is 3. The Balaban J connectivity index is 3.38. The van der Waals surface area contributed by atoms with Crippen molar-refractivity contribution in [3.8, 4) is 0 Å². The highest BCUT2D eigenvalue weighted by atomic mass is 16.4. The average molecular weight is 273 g/mol. The van der Waals surface area contributed by atoms with Crippen molar-refractivity contribution in [2.75, 3.05) is 26.2 Å². The maximum absolute atomic E-state index is 11.3. The van der Waals surface area contributed by atoms with Gasteiger partial charge in [0.25, 0.3) is 0 Å². The Morgan fingerprint density at radius 1 is 0.947 bits per heavy atom. The van der Waals surface area contributed by atoms with Gasteiger partial charge >= 0.3 is 5.97 Å². The van der Waals surface area contributed by atoms with E-state index < -0.39 is 5.97 Å². The first-order chi connectivity index (χ1) is 9.06. The Bertz CT molecular complexity index is 295. The van der Waals surface area contributed by atoms with Crippen molar-refractivity contribution >= 4 is 17.8 Å². The standard InChI is InChI=1S/C12H23N3O4/c1-2-13-9-11(17)15-7-3-5-10(16)14-8-4-6-12(18)19/h13H,2-9H2,1H3,(H,14,16)(H,15,17)(H,18,19). The lowest BCUT2D eigenvalue weighted by atomic mass is 10.2. The van der Waals surface area contributed by atoms with Crippen molar-refractivity contribution in [2.24, 2.45) is 0 Å². The Labute approximate surface area is 113 Å². The molecule has 110 valence electrons. The van der Waals surface area contributed by atoms with Crippen molar-refractivity contribution in [3.05, 3.63) is 0 Å². The summed E-state index contributed by atoms with van der Waals surface area (Å²) < 4.78 is 0. The lowest BCUT2D eigenvalue weighted by molar-refractivity contribution is -0.137. The number of likely N-dealkylation sites (N-methyl/N-ethyl adjacent to an activating group) is 1. The van der Waals surface area contributed by atoms with Crippen molar-refractivity contribution in [1.82, 2.24) is 16.0 Å². The Kier molecular flexibility index (Phi) is 10.5. The maximum Gasteiger partial charge on any atom is 0.303 e. The van der Waals surface area contributed by atoms with Crippen LogP contribution in [0, 0.1) is 0 Å². The van der Waals surface area contributed by atoms with Gasteiger partial charge in [0, 0.05) is 25.9 Å². The van der Waals surface area contributed by atoms with E-state index in [4.69, 9.17) is 5.11 Å². The predicted octanol–water partition coefficient (Wildman–Crippen LogP) is -0.527. The SMILES string of the molecule is CCNCC(=O)NCCCC(=O)NCCCC(=O)O. The quantitative estimate of drug-likeness (QED) is 0.379. The van der Waals surface area contributed by atoms with Crippen LogP contribution in [0.2, 0.25) is 0 Å². The second kappa shape index (κ2) is 11.5. The Hall–Kier alpha value is -1.63. The molecular weight excluding hydrogens is 250 g/mol. The van der Waals surface area contributed by atoms with Gasteiger partial charge in [-0.25, -0.2) is 0 Å². The highest BCUT2D eigenvalue weighted by Gasteiger charge is 2.03. The number of carboxylic acid groups (broad SMARTS) is 1. The highest BCUT2D eigenvalue weighted by molar-refractivity contribution is 5.78. The second-order valence-corrected chi connectivity index (χ2v) is 4.08. The van der Waals surface area contributed by atoms with Gasteiger partial charge in [0.1, 0.15) is 0 Å². The monoisotopic (exact) mass is 273 g/mol. The van der Waals surface area contributed by atoms with Crippen molar-refractivity contribution in [2.45, 2.75) is 32.6 Å². The molecule has 0 aromatic heterocycles. The van der Waals surface area contributed by atoms with Gasteiger partial charge in [-0.2, -0.15) is 0 Å². The molecule has 0 bridgehead atoms. The van der Waals surface area contributed by atoms with Gasteiger partial charge in [0.15, 0.2) is 0 Å². The van der Waals surface area contributed by atoms with Gasteiger partial charge in [0.2, 0.25) is 11.8 Å². The first-order valence-electron chi connectivity index (χ1n) is 6.52. The van der Waals surface area contributed by atoms with Crippen LogP contribution in [0.15, 0.2) is 0 Å². The summed E-state index contributed by atoms with van der Waals surface area (Å²) in [4.78, 5) is 32.7. The van der Waals surface area contributed by atoms with Crippen LogP contribution in [0.25, 0.3) is 0 Å². The first kappa shape index (κ1) is 17.4. The summed E-state index contributed by atoms with van der Waals surface area (Å²) in [6.45, 7) is 3.79. The summed E-state index contributed by atoms with van der Waals surface area (Å²) in [5, 5.41) is 16.6. The van der Waals surface area contributed by atoms with E-state index in [1.807, 2.05) is 6.92 Å². The van der Waals surface area contributed by atoms with Gasteiger partial charge in [0.05, 0.1) is 6.54 Å². The van der Waals surface area contributed by atoms with Gasteiger partial charge in [-0.15, -0.1) is 0 Å². The van der Waals surface area contributed by atoms with Gasteiger partial charge in [-0.1, -0.05) is 6.92 Å². The first-order valence-corrected chi connectivity index (χ1v) is 6.52. The molecule has 0 rings (SSSR count). The van der Waals surface area contributed by atoms with E-state index in [-0.39, 0.29) is 24.8 Å². The molecule has 0 atom stereocenters. The largest absolute Gasteiger partial charge is 0.481 e. The van der Waals surface area contributed by atoms with E-state index in [0.29, 0.717) is 32.4 Å². The summed E-state index contributed by atoms with van der Waals surface area (Å²) in [6, 6.07) is 0. The smallest absolute Gasteiger partial charge is 0.303 e. The second-order valence-electron chi connectivity index (χ2n) is 4.08. The lowest BCUT2D eigenvalue weighted by Gasteiger charge is -2.06. The van der Waals surface area contributed by atoms with Crippen LogP contribution in [0.4, 0.5) is 0 Å². The number of rotatable bonds is 11. The summed E-state index contributed by atoms with van der Waals surface area (Å²) in [5.41, 5.74) is 0. The highest BCUT2D eigenvalue weighted by Crippen LogP contribution is 1.90. The maximum atomic E-state index is 11.3. The molecule has 0 saturated carbocycles. The lowest BCUT2D eigenvalue weighted by Crippen LogP contribution is -2.34. The molecule has 0 aliphatic rings. The topological polar surface area (TPSA) is 108 Å². The minimum absolute atomic E-state index is 0.0563. The predicted molar refractivity (Wildman–Crippen MR) is 70.7 cm³/mol. The fourth-order valence-electron chi connectivity index (χ4n) is 1.33. The van der Waals surface area contributed by atoms with Crippen LogP contribution in [0.1, 0.15) is 32.6 Å². The fourth-order valence-corrected chi connectivity index (χ4v) is 1.33. The van der Waals surface area contributed by atoms with Crippen LogP contribution in [-0.2, 0) is 14.4 Å². The molecule has 0 fully saturated rings. The number of hydrogen-bond donors (Lipinski definition) is 4. The summed E-state index contributed by atoms with van der Waals surface area (Å²) in [6.07, 6.45) is 1.39. The van der Waals surface area contributed by atoms with Crippen molar-refractivity contribution in [1.29, 1.82) is 0 Å². The molecule has 0 aliphatic carbocycles.